The van der Waals surface area contributed by atoms with Crippen LogP contribution < -0.4 is 0 Å². The van der Waals surface area contributed by atoms with Crippen LogP contribution in [0, 0.1) is 5.92 Å². The van der Waals surface area contributed by atoms with Crippen molar-refractivity contribution in [3.05, 3.63) is 0 Å². The third-order valence-electron chi connectivity index (χ3n) is 2.80. The van der Waals surface area contributed by atoms with E-state index < -0.39 is 0 Å². The van der Waals surface area contributed by atoms with Crippen LogP contribution in [0.4, 0.5) is 0 Å². The van der Waals surface area contributed by atoms with Gasteiger partial charge in [-0.3, -0.25) is 0 Å². The van der Waals surface area contributed by atoms with Crippen molar-refractivity contribution in [2.45, 2.75) is 31.7 Å². The molecular weight excluding hydrogens is 138 g/mol. The van der Waals surface area contributed by atoms with Crippen LogP contribution in [-0.4, -0.2) is 36.8 Å². The molecule has 1 N–H and O–H groups in total. The van der Waals surface area contributed by atoms with E-state index in [-0.39, 0.29) is 0 Å². The summed E-state index contributed by atoms with van der Waals surface area (Å²) in [5, 5.41) is 8.90. The standard InChI is InChI=1S/C9H19NO/c1-10(2)9-5-3-8(7-11)4-6-9/h8-9,11H,3-7H2,1-2H3/t8-,9-. The average Bonchev–Trinajstić information content (AvgIpc) is 2.05. The molecule has 66 valence electrons. The summed E-state index contributed by atoms with van der Waals surface area (Å²) < 4.78 is 0. The lowest BCUT2D eigenvalue weighted by Gasteiger charge is -2.31. The van der Waals surface area contributed by atoms with E-state index in [4.69, 9.17) is 5.11 Å². The molecule has 0 atom stereocenters. The molecule has 0 spiro atoms. The van der Waals surface area contributed by atoms with E-state index in [1.807, 2.05) is 0 Å². The predicted octanol–water partition coefficient (Wildman–Crippen LogP) is 1.10. The van der Waals surface area contributed by atoms with Gasteiger partial charge in [0.1, 0.15) is 0 Å². The average molecular weight is 157 g/mol. The highest BCUT2D eigenvalue weighted by atomic mass is 16.3. The number of hydrogen-bond donors (Lipinski definition) is 1. The molecule has 1 fully saturated rings. The maximum Gasteiger partial charge on any atom is 0.0459 e. The SMILES string of the molecule is CN(C)[C@H]1CC[C@H](CO)CC1. The second-order valence-electron chi connectivity index (χ2n) is 3.82. The second kappa shape index (κ2) is 4.07. The van der Waals surface area contributed by atoms with E-state index in [0.29, 0.717) is 12.5 Å². The van der Waals surface area contributed by atoms with Gasteiger partial charge in [-0.05, 0) is 45.7 Å². The Labute approximate surface area is 69.2 Å². The molecule has 0 saturated heterocycles. The zero-order chi connectivity index (χ0) is 8.27. The quantitative estimate of drug-likeness (QED) is 0.649. The molecule has 0 bridgehead atoms. The third kappa shape index (κ3) is 2.46. The van der Waals surface area contributed by atoms with Gasteiger partial charge in [-0.25, -0.2) is 0 Å². The van der Waals surface area contributed by atoms with Crippen LogP contribution in [0.2, 0.25) is 0 Å². The summed E-state index contributed by atoms with van der Waals surface area (Å²) in [5.74, 6) is 0.589. The van der Waals surface area contributed by atoms with Gasteiger partial charge in [-0.2, -0.15) is 0 Å². The molecule has 1 rings (SSSR count). The van der Waals surface area contributed by atoms with Gasteiger partial charge in [-0.1, -0.05) is 0 Å². The minimum atomic E-state index is 0.389. The Kier molecular flexibility index (Phi) is 3.34. The zero-order valence-corrected chi connectivity index (χ0v) is 7.58. The van der Waals surface area contributed by atoms with Crippen LogP contribution in [0.15, 0.2) is 0 Å². The van der Waals surface area contributed by atoms with Crippen LogP contribution in [0.3, 0.4) is 0 Å². The van der Waals surface area contributed by atoms with Crippen LogP contribution in [-0.2, 0) is 0 Å². The van der Waals surface area contributed by atoms with Gasteiger partial charge < -0.3 is 10.0 Å². The van der Waals surface area contributed by atoms with Crippen molar-refractivity contribution < 1.29 is 5.11 Å². The molecule has 0 radical (unpaired) electrons. The lowest BCUT2D eigenvalue weighted by atomic mass is 9.86. The minimum absolute atomic E-state index is 0.389. The Bertz CT molecular complexity index is 106. The fourth-order valence-electron chi connectivity index (χ4n) is 1.84. The molecule has 0 aromatic heterocycles. The number of aliphatic hydroxyl groups is 1. The molecule has 2 nitrogen and oxygen atoms in total. The van der Waals surface area contributed by atoms with Gasteiger partial charge in [0.2, 0.25) is 0 Å². The fraction of sp³-hybridized carbons (Fsp3) is 1.00. The van der Waals surface area contributed by atoms with Crippen molar-refractivity contribution in [3.63, 3.8) is 0 Å². The van der Waals surface area contributed by atoms with Gasteiger partial charge >= 0.3 is 0 Å². The first-order valence-corrected chi connectivity index (χ1v) is 4.51. The first-order valence-electron chi connectivity index (χ1n) is 4.51. The summed E-state index contributed by atoms with van der Waals surface area (Å²) in [5.41, 5.74) is 0. The summed E-state index contributed by atoms with van der Waals surface area (Å²) in [6, 6.07) is 0.762. The molecule has 0 unspecified atom stereocenters. The molecule has 0 aromatic rings. The Morgan fingerprint density at radius 3 is 2.09 bits per heavy atom. The summed E-state index contributed by atoms with van der Waals surface area (Å²) in [4.78, 5) is 2.30. The predicted molar refractivity (Wildman–Crippen MR) is 46.5 cm³/mol. The summed E-state index contributed by atoms with van der Waals surface area (Å²) in [7, 11) is 4.29. The monoisotopic (exact) mass is 157 g/mol. The Morgan fingerprint density at radius 2 is 1.73 bits per heavy atom. The number of nitrogens with zero attached hydrogens (tertiary/aromatic N) is 1. The lowest BCUT2D eigenvalue weighted by molar-refractivity contribution is 0.141. The van der Waals surface area contributed by atoms with Crippen LogP contribution >= 0.6 is 0 Å². The van der Waals surface area contributed by atoms with E-state index in [1.54, 1.807) is 0 Å². The van der Waals surface area contributed by atoms with Crippen LogP contribution in [0.1, 0.15) is 25.7 Å². The molecule has 11 heavy (non-hydrogen) atoms. The van der Waals surface area contributed by atoms with E-state index in [9.17, 15) is 0 Å². The van der Waals surface area contributed by atoms with Gasteiger partial charge in [0, 0.05) is 12.6 Å². The molecule has 0 aliphatic heterocycles. The molecule has 1 aliphatic carbocycles. The topological polar surface area (TPSA) is 23.5 Å². The largest absolute Gasteiger partial charge is 0.396 e. The van der Waals surface area contributed by atoms with Crippen molar-refractivity contribution in [2.24, 2.45) is 5.92 Å². The van der Waals surface area contributed by atoms with Gasteiger partial charge in [0.25, 0.3) is 0 Å². The molecular formula is C9H19NO. The van der Waals surface area contributed by atoms with E-state index in [0.717, 1.165) is 6.04 Å². The molecule has 1 aliphatic rings. The number of rotatable bonds is 2. The highest BCUT2D eigenvalue weighted by Gasteiger charge is 2.21. The van der Waals surface area contributed by atoms with Crippen molar-refractivity contribution >= 4 is 0 Å². The maximum atomic E-state index is 8.90. The Morgan fingerprint density at radius 1 is 1.18 bits per heavy atom. The van der Waals surface area contributed by atoms with E-state index in [2.05, 4.69) is 19.0 Å². The highest BCUT2D eigenvalue weighted by molar-refractivity contribution is 4.76. The van der Waals surface area contributed by atoms with E-state index >= 15 is 0 Å². The fourth-order valence-corrected chi connectivity index (χ4v) is 1.84. The second-order valence-corrected chi connectivity index (χ2v) is 3.82. The normalized spacial score (nSPS) is 32.7. The highest BCUT2D eigenvalue weighted by Crippen LogP contribution is 2.25. The van der Waals surface area contributed by atoms with Gasteiger partial charge in [0.15, 0.2) is 0 Å². The zero-order valence-electron chi connectivity index (χ0n) is 7.58. The lowest BCUT2D eigenvalue weighted by Crippen LogP contribution is -2.32. The molecule has 1 saturated carbocycles. The molecule has 0 amide bonds. The van der Waals surface area contributed by atoms with Crippen LogP contribution in [0.5, 0.6) is 0 Å². The van der Waals surface area contributed by atoms with Crippen LogP contribution in [0.25, 0.3) is 0 Å². The van der Waals surface area contributed by atoms with Crippen molar-refractivity contribution in [3.8, 4) is 0 Å². The maximum absolute atomic E-state index is 8.90. The molecule has 2 heteroatoms. The summed E-state index contributed by atoms with van der Waals surface area (Å²) in [6.07, 6.45) is 4.94. The minimum Gasteiger partial charge on any atom is -0.396 e. The van der Waals surface area contributed by atoms with Gasteiger partial charge in [0.05, 0.1) is 0 Å². The van der Waals surface area contributed by atoms with Crippen molar-refractivity contribution in [2.75, 3.05) is 20.7 Å². The Hall–Kier alpha value is -0.0800. The third-order valence-corrected chi connectivity index (χ3v) is 2.80. The first-order chi connectivity index (χ1) is 5.24. The first kappa shape index (κ1) is 9.01. The molecule has 0 heterocycles. The van der Waals surface area contributed by atoms with Crippen molar-refractivity contribution in [1.29, 1.82) is 0 Å². The Balaban J connectivity index is 2.24. The van der Waals surface area contributed by atoms with Gasteiger partial charge in [-0.15, -0.1) is 0 Å². The number of aliphatic hydroxyl groups excluding tert-OH is 1. The summed E-state index contributed by atoms with van der Waals surface area (Å²) >= 11 is 0. The smallest absolute Gasteiger partial charge is 0.0459 e. The number of hydrogen-bond acceptors (Lipinski definition) is 2. The van der Waals surface area contributed by atoms with E-state index in [1.165, 1.54) is 25.7 Å². The summed E-state index contributed by atoms with van der Waals surface area (Å²) in [6.45, 7) is 0.389. The molecule has 0 aromatic carbocycles. The van der Waals surface area contributed by atoms with Crippen molar-refractivity contribution in [1.82, 2.24) is 4.90 Å².